The van der Waals surface area contributed by atoms with Crippen molar-refractivity contribution in [2.45, 2.75) is 19.9 Å². The first-order chi connectivity index (χ1) is 5.20. The summed E-state index contributed by atoms with van der Waals surface area (Å²) in [7, 11) is 0. The van der Waals surface area contributed by atoms with Crippen molar-refractivity contribution in [2.75, 3.05) is 0 Å². The lowest BCUT2D eigenvalue weighted by Crippen LogP contribution is -2.19. The Balaban J connectivity index is 2.57. The van der Waals surface area contributed by atoms with Crippen LogP contribution in [-0.2, 0) is 0 Å². The van der Waals surface area contributed by atoms with Gasteiger partial charge in [-0.15, -0.1) is 0 Å². The highest BCUT2D eigenvalue weighted by Crippen LogP contribution is 2.09. The molecule has 0 bridgehead atoms. The molecule has 0 aliphatic heterocycles. The number of hydrogen-bond acceptors (Lipinski definition) is 2. The second-order valence-corrected chi connectivity index (χ2v) is 2.75. The summed E-state index contributed by atoms with van der Waals surface area (Å²) in [4.78, 5) is 0. The van der Waals surface area contributed by atoms with Crippen LogP contribution in [0.5, 0.6) is 0 Å². The molecule has 1 heterocycles. The second-order valence-electron chi connectivity index (χ2n) is 2.75. The van der Waals surface area contributed by atoms with E-state index in [2.05, 4.69) is 25.7 Å². The molecule has 0 aliphatic carbocycles. The molecule has 0 saturated heterocycles. The van der Waals surface area contributed by atoms with E-state index in [9.17, 15) is 0 Å². The van der Waals surface area contributed by atoms with Crippen LogP contribution in [0.1, 0.15) is 19.6 Å². The van der Waals surface area contributed by atoms with Gasteiger partial charge in [-0.05, 0) is 26.0 Å². The molecule has 0 amide bonds. The summed E-state index contributed by atoms with van der Waals surface area (Å²) in [6.07, 6.45) is 1.64. The summed E-state index contributed by atoms with van der Waals surface area (Å²) in [5, 5.41) is 3.16. The summed E-state index contributed by atoms with van der Waals surface area (Å²) < 4.78 is 5.13. The van der Waals surface area contributed by atoms with Crippen LogP contribution in [0.3, 0.4) is 0 Å². The molecule has 0 aromatic carbocycles. The highest BCUT2D eigenvalue weighted by Gasteiger charge is 2.01. The maximum Gasteiger partial charge on any atom is 0.149 e. The van der Waals surface area contributed by atoms with Crippen LogP contribution >= 0.6 is 0 Å². The van der Waals surface area contributed by atoms with Crippen LogP contribution in [0.2, 0.25) is 0 Å². The molecule has 1 aromatic rings. The maximum absolute atomic E-state index is 5.13. The summed E-state index contributed by atoms with van der Waals surface area (Å²) >= 11 is 0. The minimum absolute atomic E-state index is 0.396. The van der Waals surface area contributed by atoms with Crippen LogP contribution in [0, 0.1) is 0 Å². The summed E-state index contributed by atoms with van der Waals surface area (Å²) in [5.74, 6) is 0.804. The Morgan fingerprint density at radius 3 is 2.82 bits per heavy atom. The van der Waals surface area contributed by atoms with Gasteiger partial charge in [-0.3, -0.25) is 0 Å². The monoisotopic (exact) mass is 151 g/mol. The van der Waals surface area contributed by atoms with Gasteiger partial charge in [0.25, 0.3) is 0 Å². The molecule has 1 rings (SSSR count). The van der Waals surface area contributed by atoms with E-state index in [1.54, 1.807) is 6.26 Å². The van der Waals surface area contributed by atoms with E-state index < -0.39 is 0 Å². The van der Waals surface area contributed by atoms with E-state index in [0.29, 0.717) is 6.04 Å². The van der Waals surface area contributed by atoms with Crippen molar-refractivity contribution < 1.29 is 4.42 Å². The first kappa shape index (κ1) is 7.92. The molecule has 1 aromatic heterocycles. The van der Waals surface area contributed by atoms with Crippen LogP contribution < -0.4 is 5.32 Å². The zero-order valence-electron chi connectivity index (χ0n) is 6.92. The van der Waals surface area contributed by atoms with Gasteiger partial charge in [0, 0.05) is 6.04 Å². The van der Waals surface area contributed by atoms with E-state index >= 15 is 0 Å². The lowest BCUT2D eigenvalue weighted by Gasteiger charge is -2.09. The quantitative estimate of drug-likeness (QED) is 0.716. The standard InChI is InChI=1S/C9H13NO/c1-7(2)10-8(3)9-5-4-6-11-9/h4-7,10H,3H2,1-2H3. The molecule has 0 radical (unpaired) electrons. The van der Waals surface area contributed by atoms with Gasteiger partial charge in [0.15, 0.2) is 0 Å². The van der Waals surface area contributed by atoms with Gasteiger partial charge < -0.3 is 9.73 Å². The van der Waals surface area contributed by atoms with Crippen LogP contribution in [0.4, 0.5) is 0 Å². The molecule has 0 fully saturated rings. The largest absolute Gasteiger partial charge is 0.463 e. The molecule has 0 unspecified atom stereocenters. The smallest absolute Gasteiger partial charge is 0.149 e. The predicted molar refractivity (Wildman–Crippen MR) is 46.0 cm³/mol. The molecule has 0 aliphatic rings. The minimum atomic E-state index is 0.396. The summed E-state index contributed by atoms with van der Waals surface area (Å²) in [6, 6.07) is 4.13. The third kappa shape index (κ3) is 2.15. The zero-order valence-corrected chi connectivity index (χ0v) is 6.92. The van der Waals surface area contributed by atoms with Crippen molar-refractivity contribution >= 4 is 5.70 Å². The van der Waals surface area contributed by atoms with Crippen molar-refractivity contribution in [2.24, 2.45) is 0 Å². The van der Waals surface area contributed by atoms with E-state index in [-0.39, 0.29) is 0 Å². The Kier molecular flexibility index (Phi) is 2.36. The molecule has 11 heavy (non-hydrogen) atoms. The number of nitrogens with one attached hydrogen (secondary N) is 1. The Morgan fingerprint density at radius 1 is 1.64 bits per heavy atom. The van der Waals surface area contributed by atoms with Gasteiger partial charge in [-0.2, -0.15) is 0 Å². The first-order valence-electron chi connectivity index (χ1n) is 3.69. The number of rotatable bonds is 3. The Hall–Kier alpha value is -1.18. The topological polar surface area (TPSA) is 25.2 Å². The molecule has 60 valence electrons. The third-order valence-electron chi connectivity index (χ3n) is 1.28. The second kappa shape index (κ2) is 3.28. The normalized spacial score (nSPS) is 10.1. The number of hydrogen-bond donors (Lipinski definition) is 1. The SMILES string of the molecule is C=C(NC(C)C)c1ccco1. The van der Waals surface area contributed by atoms with Gasteiger partial charge >= 0.3 is 0 Å². The molecule has 0 saturated carbocycles. The van der Waals surface area contributed by atoms with E-state index in [0.717, 1.165) is 11.5 Å². The highest BCUT2D eigenvalue weighted by atomic mass is 16.3. The molecular formula is C9H13NO. The maximum atomic E-state index is 5.13. The zero-order chi connectivity index (χ0) is 8.27. The van der Waals surface area contributed by atoms with Crippen molar-refractivity contribution in [3.63, 3.8) is 0 Å². The lowest BCUT2D eigenvalue weighted by atomic mass is 10.3. The Morgan fingerprint density at radius 2 is 2.36 bits per heavy atom. The highest BCUT2D eigenvalue weighted by molar-refractivity contribution is 5.56. The van der Waals surface area contributed by atoms with Crippen molar-refractivity contribution in [3.05, 3.63) is 30.7 Å². The third-order valence-corrected chi connectivity index (χ3v) is 1.28. The molecule has 0 spiro atoms. The fourth-order valence-corrected chi connectivity index (χ4v) is 0.870. The van der Waals surface area contributed by atoms with E-state index in [1.807, 2.05) is 12.1 Å². The van der Waals surface area contributed by atoms with Crippen molar-refractivity contribution in [1.29, 1.82) is 0 Å². The van der Waals surface area contributed by atoms with E-state index in [4.69, 9.17) is 4.42 Å². The van der Waals surface area contributed by atoms with Gasteiger partial charge in [-0.25, -0.2) is 0 Å². The molecular weight excluding hydrogens is 138 g/mol. The van der Waals surface area contributed by atoms with E-state index in [1.165, 1.54) is 0 Å². The minimum Gasteiger partial charge on any atom is -0.463 e. The Bertz CT molecular complexity index is 224. The molecule has 1 N–H and O–H groups in total. The lowest BCUT2D eigenvalue weighted by molar-refractivity contribution is 0.542. The Labute approximate surface area is 66.9 Å². The predicted octanol–water partition coefficient (Wildman–Crippen LogP) is 2.25. The number of furan rings is 1. The van der Waals surface area contributed by atoms with Gasteiger partial charge in [0.05, 0.1) is 12.0 Å². The average Bonchev–Trinajstić information content (AvgIpc) is 2.35. The molecule has 2 nitrogen and oxygen atoms in total. The summed E-state index contributed by atoms with van der Waals surface area (Å²) in [5.41, 5.74) is 0.838. The van der Waals surface area contributed by atoms with Crippen molar-refractivity contribution in [3.8, 4) is 0 Å². The fourth-order valence-electron chi connectivity index (χ4n) is 0.870. The van der Waals surface area contributed by atoms with Gasteiger partial charge in [-0.1, -0.05) is 6.58 Å². The van der Waals surface area contributed by atoms with Crippen LogP contribution in [0.15, 0.2) is 29.4 Å². The van der Waals surface area contributed by atoms with Crippen molar-refractivity contribution in [1.82, 2.24) is 5.32 Å². The van der Waals surface area contributed by atoms with Crippen LogP contribution in [0.25, 0.3) is 5.70 Å². The van der Waals surface area contributed by atoms with Crippen LogP contribution in [-0.4, -0.2) is 6.04 Å². The molecule has 2 heteroatoms. The fraction of sp³-hybridized carbons (Fsp3) is 0.333. The summed E-state index contributed by atoms with van der Waals surface area (Å²) in [6.45, 7) is 7.96. The average molecular weight is 151 g/mol. The van der Waals surface area contributed by atoms with Gasteiger partial charge in [0.1, 0.15) is 5.76 Å². The first-order valence-corrected chi connectivity index (χ1v) is 3.69. The van der Waals surface area contributed by atoms with Gasteiger partial charge in [0.2, 0.25) is 0 Å². The molecule has 0 atom stereocenters.